The number of guanidine groups is 1. The van der Waals surface area contributed by atoms with Crippen molar-refractivity contribution in [1.29, 1.82) is 0 Å². The van der Waals surface area contributed by atoms with Crippen LogP contribution in [-0.4, -0.2) is 72.0 Å². The average Bonchev–Trinajstić information content (AvgIpc) is 3.05. The molecule has 270 valence electrons. The van der Waals surface area contributed by atoms with Crippen LogP contribution in [0.15, 0.2) is 40.9 Å². The van der Waals surface area contributed by atoms with E-state index in [0.29, 0.717) is 49.1 Å². The quantitative estimate of drug-likeness (QED) is 0.0213. The molecule has 0 radical (unpaired) electrons. The number of carbonyl (C=O) groups is 4. The van der Waals surface area contributed by atoms with Crippen LogP contribution in [0.1, 0.15) is 62.1 Å². The molecule has 6 unspecified atom stereocenters. The van der Waals surface area contributed by atoms with Gasteiger partial charge in [-0.15, -0.1) is 6.42 Å². The molecule has 0 spiro atoms. The van der Waals surface area contributed by atoms with E-state index in [4.69, 9.17) is 23.6 Å². The monoisotopic (exact) mass is 717 g/mol. The van der Waals surface area contributed by atoms with Crippen molar-refractivity contribution in [3.8, 4) is 18.1 Å². The molecule has 0 saturated carbocycles. The van der Waals surface area contributed by atoms with Crippen LogP contribution >= 0.6 is 18.8 Å². The molecule has 49 heavy (non-hydrogen) atoms. The van der Waals surface area contributed by atoms with Gasteiger partial charge in [-0.3, -0.25) is 24.2 Å². The fourth-order valence-electron chi connectivity index (χ4n) is 4.96. The first kappa shape index (κ1) is 43.0. The number of amides is 4. The summed E-state index contributed by atoms with van der Waals surface area (Å²) >= 11 is 0. The van der Waals surface area contributed by atoms with Gasteiger partial charge in [-0.05, 0) is 109 Å². The summed E-state index contributed by atoms with van der Waals surface area (Å²) in [7, 11) is 4.65. The molecule has 0 saturated heterocycles. The topological polar surface area (TPSA) is 239 Å². The lowest BCUT2D eigenvalue weighted by molar-refractivity contribution is -0.133. The Hall–Kier alpha value is -4.01. The highest BCUT2D eigenvalue weighted by molar-refractivity contribution is 7.15. The number of carbonyl (C=O) groups excluding carboxylic acids is 4. The van der Waals surface area contributed by atoms with Crippen LogP contribution in [0.25, 0.3) is 0 Å². The number of nitrogens with zero attached hydrogens (tertiary/aromatic N) is 1. The SMILES string of the molecule is C#C/C=C\C(=C/C)CC(NC(=O)C(CCCCNP)NC(=O)C(Cc1c(C)cc(O)cc1C)NC(=O)C(N)CCCN=C(N)NP)C(N)=O. The highest BCUT2D eigenvalue weighted by Crippen LogP contribution is 2.22. The van der Waals surface area contributed by atoms with Crippen molar-refractivity contribution < 1.29 is 24.3 Å². The summed E-state index contributed by atoms with van der Waals surface area (Å²) in [5.41, 5.74) is 20.3. The number of aryl methyl sites for hydroxylation is 2. The first-order valence-corrected chi connectivity index (χ1v) is 17.2. The number of primary amides is 1. The number of hydrogen-bond acceptors (Lipinski definition) is 8. The van der Waals surface area contributed by atoms with E-state index in [0.717, 1.165) is 5.56 Å². The zero-order valence-electron chi connectivity index (χ0n) is 28.6. The Morgan fingerprint density at radius 1 is 0.959 bits per heavy atom. The third kappa shape index (κ3) is 16.3. The molecule has 0 heterocycles. The number of allylic oxidation sites excluding steroid dienone is 3. The molecule has 4 amide bonds. The second-order valence-electron chi connectivity index (χ2n) is 11.5. The number of rotatable bonds is 21. The van der Waals surface area contributed by atoms with E-state index >= 15 is 0 Å². The number of phenols is 1. The molecule has 1 rings (SSSR count). The molecule has 0 fully saturated rings. The van der Waals surface area contributed by atoms with Crippen LogP contribution in [-0.2, 0) is 25.6 Å². The molecule has 0 aromatic heterocycles. The van der Waals surface area contributed by atoms with E-state index < -0.39 is 47.8 Å². The summed E-state index contributed by atoms with van der Waals surface area (Å²) in [6.07, 6.45) is 12.6. The average molecular weight is 718 g/mol. The van der Waals surface area contributed by atoms with Crippen molar-refractivity contribution in [3.63, 3.8) is 0 Å². The summed E-state index contributed by atoms with van der Waals surface area (Å²) in [4.78, 5) is 57.3. The molecular formula is C33H53N9O5P2. The molecule has 14 nitrogen and oxygen atoms in total. The maximum Gasteiger partial charge on any atom is 0.243 e. The largest absolute Gasteiger partial charge is 0.508 e. The molecule has 1 aromatic carbocycles. The third-order valence-electron chi connectivity index (χ3n) is 7.72. The fourth-order valence-corrected chi connectivity index (χ4v) is 5.25. The van der Waals surface area contributed by atoms with E-state index in [1.54, 1.807) is 45.1 Å². The maximum atomic E-state index is 13.9. The summed E-state index contributed by atoms with van der Waals surface area (Å²) in [5.74, 6) is 0.142. The second-order valence-corrected chi connectivity index (χ2v) is 12.2. The molecule has 6 atom stereocenters. The molecule has 0 bridgehead atoms. The normalized spacial score (nSPS) is 14.3. The van der Waals surface area contributed by atoms with Crippen LogP contribution in [0.4, 0.5) is 0 Å². The first-order valence-electron chi connectivity index (χ1n) is 16.0. The van der Waals surface area contributed by atoms with Crippen LogP contribution in [0, 0.1) is 26.2 Å². The number of benzene rings is 1. The zero-order valence-corrected chi connectivity index (χ0v) is 30.9. The highest BCUT2D eigenvalue weighted by Gasteiger charge is 2.31. The smallest absolute Gasteiger partial charge is 0.243 e. The van der Waals surface area contributed by atoms with Crippen LogP contribution in [0.2, 0.25) is 0 Å². The minimum atomic E-state index is -1.13. The van der Waals surface area contributed by atoms with Gasteiger partial charge in [0.1, 0.15) is 23.9 Å². The number of phenolic OH excluding ortho intramolecular Hbond substituents is 1. The lowest BCUT2D eigenvalue weighted by atomic mass is 9.95. The van der Waals surface area contributed by atoms with Crippen LogP contribution in [0.5, 0.6) is 5.75 Å². The van der Waals surface area contributed by atoms with E-state index in [-0.39, 0.29) is 37.4 Å². The van der Waals surface area contributed by atoms with Gasteiger partial charge in [0.2, 0.25) is 23.6 Å². The number of unbranched alkanes of at least 4 members (excludes halogenated alkanes) is 1. The van der Waals surface area contributed by atoms with Gasteiger partial charge in [0.15, 0.2) is 5.96 Å². The van der Waals surface area contributed by atoms with Gasteiger partial charge in [-0.25, -0.2) is 0 Å². The lowest BCUT2D eigenvalue weighted by Gasteiger charge is -2.26. The number of terminal acetylenes is 1. The van der Waals surface area contributed by atoms with E-state index in [1.807, 2.05) is 0 Å². The van der Waals surface area contributed by atoms with Gasteiger partial charge < -0.3 is 48.4 Å². The molecule has 0 aliphatic rings. The number of hydrogen-bond donors (Lipinski definition) is 9. The Kier molecular flexibility index (Phi) is 20.5. The molecular weight excluding hydrogens is 664 g/mol. The van der Waals surface area contributed by atoms with Gasteiger partial charge in [-0.2, -0.15) is 0 Å². The van der Waals surface area contributed by atoms with Gasteiger partial charge in [0, 0.05) is 19.4 Å². The lowest BCUT2D eigenvalue weighted by Crippen LogP contribution is -2.58. The van der Waals surface area contributed by atoms with E-state index in [9.17, 15) is 24.3 Å². The standard InChI is InChI=1S/C33H53N9O5P2/c1-5-7-11-22(6-2)18-27(29(35)44)40-31(46)26(13-8-9-15-38-48)39-32(47)28(19-24-20(3)16-23(43)17-21(24)4)41-30(45)25(34)12-10-14-37-33(36)42-49/h1,6-7,11,16-17,25-28,38,43H,8-10,12-15,18-19,34,48-49H2,2-4H3,(H2,35,44)(H,39,47)(H,40,46)(H,41,45)(H3,36,37,42)/b11-7-,22-6+. The van der Waals surface area contributed by atoms with Crippen molar-refractivity contribution in [2.24, 2.45) is 22.2 Å². The second kappa shape index (κ2) is 23.4. The van der Waals surface area contributed by atoms with Crippen LogP contribution < -0.4 is 43.3 Å². The summed E-state index contributed by atoms with van der Waals surface area (Å²) < 4.78 is 0. The predicted octanol–water partition coefficient (Wildman–Crippen LogP) is 0.369. The van der Waals surface area contributed by atoms with Crippen molar-refractivity contribution in [3.05, 3.63) is 52.6 Å². The first-order chi connectivity index (χ1) is 23.3. The summed E-state index contributed by atoms with van der Waals surface area (Å²) in [6.45, 7) is 6.35. The number of nitrogens with two attached hydrogens (primary N) is 3. The Morgan fingerprint density at radius 2 is 1.57 bits per heavy atom. The van der Waals surface area contributed by atoms with Crippen molar-refractivity contribution >= 4 is 48.4 Å². The maximum absolute atomic E-state index is 13.9. The third-order valence-corrected chi connectivity index (χ3v) is 8.31. The van der Waals surface area contributed by atoms with Gasteiger partial charge in [0.25, 0.3) is 0 Å². The molecule has 16 heteroatoms. The molecule has 12 N–H and O–H groups in total. The summed E-state index contributed by atoms with van der Waals surface area (Å²) in [6, 6.07) is -1.07. The molecule has 1 aromatic rings. The van der Waals surface area contributed by atoms with Crippen molar-refractivity contribution in [2.75, 3.05) is 13.1 Å². The highest BCUT2D eigenvalue weighted by atomic mass is 31.0. The van der Waals surface area contributed by atoms with E-state index in [2.05, 4.69) is 55.8 Å². The number of aliphatic imine (C=N–C) groups is 1. The summed E-state index contributed by atoms with van der Waals surface area (Å²) in [5, 5.41) is 23.9. The van der Waals surface area contributed by atoms with Crippen LogP contribution in [0.3, 0.4) is 0 Å². The van der Waals surface area contributed by atoms with Gasteiger partial charge >= 0.3 is 0 Å². The van der Waals surface area contributed by atoms with Crippen molar-refractivity contribution in [1.82, 2.24) is 26.1 Å². The number of aromatic hydroxyl groups is 1. The Morgan fingerprint density at radius 3 is 2.14 bits per heavy atom. The molecule has 0 aliphatic carbocycles. The Balaban J connectivity index is 3.33. The van der Waals surface area contributed by atoms with Crippen molar-refractivity contribution in [2.45, 2.75) is 89.9 Å². The number of nitrogens with one attached hydrogen (secondary N) is 5. The minimum Gasteiger partial charge on any atom is -0.508 e. The van der Waals surface area contributed by atoms with Gasteiger partial charge in [0.05, 0.1) is 6.04 Å². The Labute approximate surface area is 294 Å². The molecule has 0 aliphatic heterocycles. The predicted molar refractivity (Wildman–Crippen MR) is 201 cm³/mol. The van der Waals surface area contributed by atoms with Gasteiger partial charge in [-0.1, -0.05) is 27.5 Å². The minimum absolute atomic E-state index is 0.0598. The fraction of sp³-hybridized carbons (Fsp3) is 0.485. The van der Waals surface area contributed by atoms with E-state index in [1.165, 1.54) is 6.08 Å². The Bertz CT molecular complexity index is 1390. The zero-order chi connectivity index (χ0) is 36.9.